The normalized spacial score (nSPS) is 11.6. The number of anilines is 1. The minimum atomic E-state index is -0.797. The molecule has 2 aromatic heterocycles. The topological polar surface area (TPSA) is 109 Å². The predicted molar refractivity (Wildman–Crippen MR) is 99.9 cm³/mol. The van der Waals surface area contributed by atoms with Gasteiger partial charge in [-0.25, -0.2) is 20.0 Å². The highest BCUT2D eigenvalue weighted by atomic mass is 16.6. The van der Waals surface area contributed by atoms with Gasteiger partial charge in [0.1, 0.15) is 11.2 Å². The van der Waals surface area contributed by atoms with Gasteiger partial charge < -0.3 is 9.47 Å². The molecule has 0 aromatic carbocycles. The van der Waals surface area contributed by atoms with E-state index in [2.05, 4.69) is 20.6 Å². The van der Waals surface area contributed by atoms with Crippen molar-refractivity contribution in [3.05, 3.63) is 30.7 Å². The van der Waals surface area contributed by atoms with Crippen molar-refractivity contribution in [1.29, 1.82) is 0 Å². The molecule has 2 heterocycles. The van der Waals surface area contributed by atoms with Gasteiger partial charge in [-0.15, -0.1) is 0 Å². The number of H-pyrrole nitrogens is 1. The standard InChI is InChI=1S/C18H25N5O4/c1-17(2,3)26-15(24)22-23(16(25)27-18(4,5)6)14-8-7-12(9-19-14)13-10-20-21-11-13/h7-11H,1-6H3,(H,20,21)(H,22,24). The average molecular weight is 375 g/mol. The van der Waals surface area contributed by atoms with Crippen LogP contribution >= 0.6 is 0 Å². The van der Waals surface area contributed by atoms with Crippen molar-refractivity contribution < 1.29 is 19.1 Å². The summed E-state index contributed by atoms with van der Waals surface area (Å²) in [5, 5.41) is 7.52. The fraction of sp³-hybridized carbons (Fsp3) is 0.444. The van der Waals surface area contributed by atoms with E-state index in [1.165, 1.54) is 0 Å². The van der Waals surface area contributed by atoms with Crippen molar-refractivity contribution in [1.82, 2.24) is 20.6 Å². The summed E-state index contributed by atoms with van der Waals surface area (Å²) in [7, 11) is 0. The number of amides is 2. The number of ether oxygens (including phenoxy) is 2. The summed E-state index contributed by atoms with van der Waals surface area (Å²) in [4.78, 5) is 28.9. The molecule has 0 aliphatic heterocycles. The van der Waals surface area contributed by atoms with E-state index in [0.29, 0.717) is 0 Å². The molecule has 0 radical (unpaired) electrons. The highest BCUT2D eigenvalue weighted by molar-refractivity contribution is 5.89. The number of aromatic amines is 1. The molecule has 0 aliphatic carbocycles. The molecule has 9 heteroatoms. The third kappa shape index (κ3) is 6.28. The zero-order valence-corrected chi connectivity index (χ0v) is 16.4. The lowest BCUT2D eigenvalue weighted by molar-refractivity contribution is 0.0424. The van der Waals surface area contributed by atoms with Crippen molar-refractivity contribution in [2.24, 2.45) is 0 Å². The third-order valence-corrected chi connectivity index (χ3v) is 2.99. The second-order valence-electron chi connectivity index (χ2n) is 7.82. The Kier molecular flexibility index (Phi) is 5.72. The highest BCUT2D eigenvalue weighted by Gasteiger charge is 2.28. The molecule has 0 saturated heterocycles. The molecule has 0 aliphatic rings. The van der Waals surface area contributed by atoms with E-state index in [0.717, 1.165) is 16.1 Å². The van der Waals surface area contributed by atoms with Crippen LogP contribution < -0.4 is 10.4 Å². The fourth-order valence-corrected chi connectivity index (χ4v) is 1.99. The molecule has 27 heavy (non-hydrogen) atoms. The predicted octanol–water partition coefficient (Wildman–Crippen LogP) is 3.65. The number of carbonyl (C=O) groups is 2. The smallest absolute Gasteiger partial charge is 0.435 e. The van der Waals surface area contributed by atoms with Crippen LogP contribution in [0.4, 0.5) is 15.4 Å². The first-order valence-corrected chi connectivity index (χ1v) is 8.42. The van der Waals surface area contributed by atoms with Gasteiger partial charge in [0.2, 0.25) is 0 Å². The summed E-state index contributed by atoms with van der Waals surface area (Å²) < 4.78 is 10.6. The van der Waals surface area contributed by atoms with Crippen molar-refractivity contribution in [2.75, 3.05) is 5.01 Å². The van der Waals surface area contributed by atoms with Crippen LogP contribution in [0.2, 0.25) is 0 Å². The van der Waals surface area contributed by atoms with Gasteiger partial charge in [-0.05, 0) is 53.7 Å². The number of pyridine rings is 1. The van der Waals surface area contributed by atoms with Gasteiger partial charge >= 0.3 is 12.2 Å². The van der Waals surface area contributed by atoms with Crippen LogP contribution in [-0.4, -0.2) is 38.6 Å². The molecule has 2 rings (SSSR count). The largest absolute Gasteiger partial charge is 0.443 e. The summed E-state index contributed by atoms with van der Waals surface area (Å²) in [6, 6.07) is 3.34. The van der Waals surface area contributed by atoms with E-state index in [1.807, 2.05) is 0 Å². The maximum Gasteiger partial charge on any atom is 0.435 e. The Labute approximate surface area is 158 Å². The first kappa shape index (κ1) is 20.2. The number of nitrogens with one attached hydrogen (secondary N) is 2. The Hall–Kier alpha value is -3.10. The SMILES string of the molecule is CC(C)(C)OC(=O)NN(C(=O)OC(C)(C)C)c1ccc(-c2cn[nH]c2)cn1. The molecule has 146 valence electrons. The molecule has 0 atom stereocenters. The molecule has 0 fully saturated rings. The van der Waals surface area contributed by atoms with Gasteiger partial charge in [0.15, 0.2) is 5.82 Å². The van der Waals surface area contributed by atoms with Crippen molar-refractivity contribution in [2.45, 2.75) is 52.7 Å². The summed E-state index contributed by atoms with van der Waals surface area (Å²) in [5.41, 5.74) is 2.56. The van der Waals surface area contributed by atoms with E-state index in [-0.39, 0.29) is 5.82 Å². The van der Waals surface area contributed by atoms with Gasteiger partial charge in [-0.1, -0.05) is 0 Å². The zero-order valence-electron chi connectivity index (χ0n) is 16.4. The minimum Gasteiger partial charge on any atom is -0.443 e. The van der Waals surface area contributed by atoms with Crippen LogP contribution in [0.3, 0.4) is 0 Å². The van der Waals surface area contributed by atoms with Gasteiger partial charge in [-0.3, -0.25) is 5.10 Å². The Bertz CT molecular complexity index is 774. The monoisotopic (exact) mass is 375 g/mol. The molecule has 0 saturated carbocycles. The molecule has 0 unspecified atom stereocenters. The van der Waals surface area contributed by atoms with Gasteiger partial charge in [-0.2, -0.15) is 10.1 Å². The highest BCUT2D eigenvalue weighted by Crippen LogP contribution is 2.21. The van der Waals surface area contributed by atoms with E-state index in [9.17, 15) is 9.59 Å². The lowest BCUT2D eigenvalue weighted by Crippen LogP contribution is -2.50. The lowest BCUT2D eigenvalue weighted by Gasteiger charge is -2.28. The molecule has 2 aromatic rings. The second-order valence-corrected chi connectivity index (χ2v) is 7.82. The Balaban J connectivity index is 2.25. The molecule has 0 spiro atoms. The maximum atomic E-state index is 12.6. The lowest BCUT2D eigenvalue weighted by atomic mass is 10.2. The van der Waals surface area contributed by atoms with E-state index in [1.54, 1.807) is 72.3 Å². The van der Waals surface area contributed by atoms with Crippen LogP contribution in [0.1, 0.15) is 41.5 Å². The quantitative estimate of drug-likeness (QED) is 0.775. The van der Waals surface area contributed by atoms with E-state index >= 15 is 0 Å². The Morgan fingerprint density at radius 3 is 2.15 bits per heavy atom. The van der Waals surface area contributed by atoms with Crippen LogP contribution in [0, 0.1) is 0 Å². The summed E-state index contributed by atoms with van der Waals surface area (Å²) >= 11 is 0. The van der Waals surface area contributed by atoms with E-state index in [4.69, 9.17) is 9.47 Å². The minimum absolute atomic E-state index is 0.183. The first-order chi connectivity index (χ1) is 12.4. The van der Waals surface area contributed by atoms with Crippen molar-refractivity contribution in [3.63, 3.8) is 0 Å². The number of hydrogen-bond donors (Lipinski definition) is 2. The molecule has 9 nitrogen and oxygen atoms in total. The Morgan fingerprint density at radius 1 is 1.00 bits per heavy atom. The Morgan fingerprint density at radius 2 is 1.67 bits per heavy atom. The molecule has 2 amide bonds. The van der Waals surface area contributed by atoms with Crippen molar-refractivity contribution in [3.8, 4) is 11.1 Å². The molecule has 0 bridgehead atoms. The number of aromatic nitrogens is 3. The fourth-order valence-electron chi connectivity index (χ4n) is 1.99. The summed E-state index contributed by atoms with van der Waals surface area (Å²) in [6.45, 7) is 10.4. The second kappa shape index (κ2) is 7.65. The van der Waals surface area contributed by atoms with Crippen LogP contribution in [0.25, 0.3) is 11.1 Å². The van der Waals surface area contributed by atoms with Gasteiger partial charge in [0.25, 0.3) is 0 Å². The number of rotatable bonds is 2. The number of carbonyl (C=O) groups excluding carboxylic acids is 2. The van der Waals surface area contributed by atoms with E-state index < -0.39 is 23.4 Å². The zero-order chi connectivity index (χ0) is 20.2. The first-order valence-electron chi connectivity index (χ1n) is 8.42. The molecule has 2 N–H and O–H groups in total. The third-order valence-electron chi connectivity index (χ3n) is 2.99. The number of hydrazine groups is 1. The van der Waals surface area contributed by atoms with Crippen LogP contribution in [-0.2, 0) is 9.47 Å². The van der Waals surface area contributed by atoms with Gasteiger partial charge in [0.05, 0.1) is 6.20 Å². The van der Waals surface area contributed by atoms with Crippen molar-refractivity contribution >= 4 is 18.0 Å². The van der Waals surface area contributed by atoms with Gasteiger partial charge in [0, 0.05) is 23.5 Å². The number of nitrogens with zero attached hydrogens (tertiary/aromatic N) is 3. The number of hydrogen-bond acceptors (Lipinski definition) is 6. The average Bonchev–Trinajstić information content (AvgIpc) is 3.03. The summed E-state index contributed by atoms with van der Waals surface area (Å²) in [6.07, 6.45) is 3.36. The summed E-state index contributed by atoms with van der Waals surface area (Å²) in [5.74, 6) is 0.183. The molecular formula is C18H25N5O4. The molecular weight excluding hydrogens is 350 g/mol. The maximum absolute atomic E-state index is 12.6. The van der Waals surface area contributed by atoms with Crippen LogP contribution in [0.5, 0.6) is 0 Å². The van der Waals surface area contributed by atoms with Crippen LogP contribution in [0.15, 0.2) is 30.7 Å².